The van der Waals surface area contributed by atoms with Crippen molar-refractivity contribution in [1.82, 2.24) is 10.2 Å². The van der Waals surface area contributed by atoms with E-state index in [-0.39, 0.29) is 18.4 Å². The van der Waals surface area contributed by atoms with Crippen molar-refractivity contribution in [2.75, 3.05) is 40.0 Å². The first-order chi connectivity index (χ1) is 12.4. The monoisotopic (exact) mass is 376 g/mol. The fourth-order valence-corrected chi connectivity index (χ4v) is 3.66. The van der Waals surface area contributed by atoms with Crippen LogP contribution in [0.5, 0.6) is 17.2 Å². The maximum Gasteiger partial charge on any atom is 0.165 e. The number of halogens is 1. The van der Waals surface area contributed by atoms with Crippen molar-refractivity contribution in [2.24, 2.45) is 0 Å². The van der Waals surface area contributed by atoms with Crippen molar-refractivity contribution >= 4 is 12.4 Å². The van der Waals surface area contributed by atoms with Crippen LogP contribution in [0.25, 0.3) is 0 Å². The Morgan fingerprint density at radius 1 is 1.12 bits per heavy atom. The van der Waals surface area contributed by atoms with Gasteiger partial charge < -0.3 is 19.5 Å². The van der Waals surface area contributed by atoms with Gasteiger partial charge >= 0.3 is 0 Å². The molecule has 4 rings (SSSR count). The standard InChI is InChI=1S/C20H24N2O3.ClH/c1-23-18-7-3-2-6-16(18)17-13-21-9-10-22(17)14-15-5-4-8-19-20(15)25-12-11-24-19;/h2-8,17,21H,9-14H2,1H3;1H. The van der Waals surface area contributed by atoms with Gasteiger partial charge in [-0.05, 0) is 12.1 Å². The smallest absolute Gasteiger partial charge is 0.165 e. The number of nitrogens with zero attached hydrogens (tertiary/aromatic N) is 1. The van der Waals surface area contributed by atoms with E-state index in [1.807, 2.05) is 24.3 Å². The van der Waals surface area contributed by atoms with Crippen molar-refractivity contribution in [2.45, 2.75) is 12.6 Å². The van der Waals surface area contributed by atoms with Crippen molar-refractivity contribution in [3.8, 4) is 17.2 Å². The zero-order valence-electron chi connectivity index (χ0n) is 14.9. The molecule has 2 aliphatic heterocycles. The lowest BCUT2D eigenvalue weighted by molar-refractivity contribution is 0.140. The van der Waals surface area contributed by atoms with Gasteiger partial charge in [-0.25, -0.2) is 0 Å². The highest BCUT2D eigenvalue weighted by atomic mass is 35.5. The van der Waals surface area contributed by atoms with Gasteiger partial charge in [0.2, 0.25) is 0 Å². The highest BCUT2D eigenvalue weighted by Crippen LogP contribution is 2.37. The molecule has 6 heteroatoms. The molecule has 1 N–H and O–H groups in total. The summed E-state index contributed by atoms with van der Waals surface area (Å²) in [6.07, 6.45) is 0. The van der Waals surface area contributed by atoms with E-state index >= 15 is 0 Å². The molecule has 140 valence electrons. The maximum absolute atomic E-state index is 5.89. The summed E-state index contributed by atoms with van der Waals surface area (Å²) in [5.41, 5.74) is 2.40. The van der Waals surface area contributed by atoms with Crippen molar-refractivity contribution in [3.05, 3.63) is 53.6 Å². The van der Waals surface area contributed by atoms with E-state index in [0.717, 1.165) is 43.4 Å². The molecule has 0 aromatic heterocycles. The van der Waals surface area contributed by atoms with Crippen molar-refractivity contribution in [3.63, 3.8) is 0 Å². The van der Waals surface area contributed by atoms with E-state index < -0.39 is 0 Å². The Morgan fingerprint density at radius 3 is 2.85 bits per heavy atom. The highest BCUT2D eigenvalue weighted by molar-refractivity contribution is 5.85. The van der Waals surface area contributed by atoms with Gasteiger partial charge in [0.25, 0.3) is 0 Å². The topological polar surface area (TPSA) is 43.0 Å². The first kappa shape index (κ1) is 18.8. The van der Waals surface area contributed by atoms with Gasteiger partial charge in [-0.15, -0.1) is 12.4 Å². The van der Waals surface area contributed by atoms with Gasteiger partial charge in [0.05, 0.1) is 13.2 Å². The Bertz CT molecular complexity index is 741. The minimum absolute atomic E-state index is 0. The molecule has 0 saturated carbocycles. The summed E-state index contributed by atoms with van der Waals surface area (Å²) in [5.74, 6) is 2.69. The normalized spacial score (nSPS) is 19.5. The number of fused-ring (bicyclic) bond motifs is 1. The average molecular weight is 377 g/mol. The molecule has 1 saturated heterocycles. The first-order valence-electron chi connectivity index (χ1n) is 8.82. The number of rotatable bonds is 4. The number of hydrogen-bond donors (Lipinski definition) is 1. The molecule has 0 radical (unpaired) electrons. The second-order valence-electron chi connectivity index (χ2n) is 6.37. The van der Waals surface area contributed by atoms with Gasteiger partial charge in [0.1, 0.15) is 19.0 Å². The molecule has 26 heavy (non-hydrogen) atoms. The van der Waals surface area contributed by atoms with Crippen LogP contribution < -0.4 is 19.5 Å². The molecule has 0 amide bonds. The molecule has 5 nitrogen and oxygen atoms in total. The molecule has 0 aliphatic carbocycles. The molecule has 2 aromatic carbocycles. The predicted octanol–water partition coefficient (Wildman–Crippen LogP) is 3.03. The lowest BCUT2D eigenvalue weighted by Crippen LogP contribution is -2.45. The fourth-order valence-electron chi connectivity index (χ4n) is 3.66. The number of methoxy groups -OCH3 is 1. The number of benzene rings is 2. The summed E-state index contributed by atoms with van der Waals surface area (Å²) < 4.78 is 17.2. The number of nitrogens with one attached hydrogen (secondary N) is 1. The van der Waals surface area contributed by atoms with Crippen LogP contribution in [0.15, 0.2) is 42.5 Å². The van der Waals surface area contributed by atoms with E-state index in [1.165, 1.54) is 11.1 Å². The number of hydrogen-bond acceptors (Lipinski definition) is 5. The summed E-state index contributed by atoms with van der Waals surface area (Å²) in [4.78, 5) is 2.49. The molecule has 2 aliphatic rings. The fraction of sp³-hybridized carbons (Fsp3) is 0.400. The average Bonchev–Trinajstić information content (AvgIpc) is 2.69. The molecule has 1 atom stereocenters. The molecule has 0 bridgehead atoms. The summed E-state index contributed by atoms with van der Waals surface area (Å²) >= 11 is 0. The Kier molecular flexibility index (Phi) is 6.25. The third kappa shape index (κ3) is 3.75. The van der Waals surface area contributed by atoms with Gasteiger partial charge in [-0.3, -0.25) is 4.90 Å². The Labute approximate surface area is 160 Å². The third-order valence-corrected chi connectivity index (χ3v) is 4.87. The SMILES string of the molecule is COc1ccccc1C1CNCCN1Cc1cccc2c1OCCO2.Cl. The Hall–Kier alpha value is -1.95. The zero-order chi connectivity index (χ0) is 17.1. The zero-order valence-corrected chi connectivity index (χ0v) is 15.8. The molecule has 1 unspecified atom stereocenters. The van der Waals surface area contributed by atoms with Crippen LogP contribution in [0, 0.1) is 0 Å². The quantitative estimate of drug-likeness (QED) is 0.888. The van der Waals surface area contributed by atoms with Gasteiger partial charge in [0.15, 0.2) is 11.5 Å². The van der Waals surface area contributed by atoms with Crippen LogP contribution in [0.2, 0.25) is 0 Å². The first-order valence-corrected chi connectivity index (χ1v) is 8.82. The minimum atomic E-state index is 0. The Morgan fingerprint density at radius 2 is 1.96 bits per heavy atom. The molecule has 0 spiro atoms. The highest BCUT2D eigenvalue weighted by Gasteiger charge is 2.27. The van der Waals surface area contributed by atoms with E-state index in [4.69, 9.17) is 14.2 Å². The molecule has 2 heterocycles. The van der Waals surface area contributed by atoms with E-state index in [9.17, 15) is 0 Å². The number of piperazine rings is 1. The van der Waals surface area contributed by atoms with E-state index in [2.05, 4.69) is 28.4 Å². The maximum atomic E-state index is 5.89. The second-order valence-corrected chi connectivity index (χ2v) is 6.37. The van der Waals surface area contributed by atoms with Crippen LogP contribution in [-0.4, -0.2) is 44.9 Å². The molecular weight excluding hydrogens is 352 g/mol. The lowest BCUT2D eigenvalue weighted by atomic mass is 10.0. The molecule has 1 fully saturated rings. The van der Waals surface area contributed by atoms with Crippen LogP contribution in [-0.2, 0) is 6.54 Å². The summed E-state index contributed by atoms with van der Waals surface area (Å²) in [7, 11) is 1.73. The Balaban J connectivity index is 0.00000196. The van der Waals surface area contributed by atoms with Crippen LogP contribution in [0.4, 0.5) is 0 Å². The van der Waals surface area contributed by atoms with Crippen LogP contribution in [0.1, 0.15) is 17.2 Å². The molecular formula is C20H25ClN2O3. The van der Waals surface area contributed by atoms with Gasteiger partial charge in [-0.2, -0.15) is 0 Å². The third-order valence-electron chi connectivity index (χ3n) is 4.87. The largest absolute Gasteiger partial charge is 0.496 e. The van der Waals surface area contributed by atoms with E-state index in [0.29, 0.717) is 13.2 Å². The van der Waals surface area contributed by atoms with Crippen LogP contribution >= 0.6 is 12.4 Å². The van der Waals surface area contributed by atoms with E-state index in [1.54, 1.807) is 7.11 Å². The lowest BCUT2D eigenvalue weighted by Gasteiger charge is -2.37. The summed E-state index contributed by atoms with van der Waals surface area (Å²) in [6.45, 7) is 4.93. The summed E-state index contributed by atoms with van der Waals surface area (Å²) in [5, 5.41) is 3.51. The van der Waals surface area contributed by atoms with Gasteiger partial charge in [-0.1, -0.05) is 30.3 Å². The van der Waals surface area contributed by atoms with Crippen LogP contribution in [0.3, 0.4) is 0 Å². The van der Waals surface area contributed by atoms with Crippen molar-refractivity contribution < 1.29 is 14.2 Å². The number of para-hydroxylation sites is 2. The predicted molar refractivity (Wildman–Crippen MR) is 104 cm³/mol. The summed E-state index contributed by atoms with van der Waals surface area (Å²) in [6, 6.07) is 14.7. The minimum Gasteiger partial charge on any atom is -0.496 e. The number of ether oxygens (including phenoxy) is 3. The second kappa shape index (κ2) is 8.62. The molecule has 2 aromatic rings. The van der Waals surface area contributed by atoms with Gasteiger partial charge in [0, 0.05) is 37.3 Å². The van der Waals surface area contributed by atoms with Crippen molar-refractivity contribution in [1.29, 1.82) is 0 Å².